The van der Waals surface area contributed by atoms with Crippen LogP contribution in [0.1, 0.15) is 31.4 Å². The van der Waals surface area contributed by atoms with Gasteiger partial charge < -0.3 is 10.4 Å². The first kappa shape index (κ1) is 12.6. The fourth-order valence-corrected chi connectivity index (χ4v) is 2.44. The number of carbonyl (C=O) groups is 2. The van der Waals surface area contributed by atoms with Crippen LogP contribution in [0.5, 0.6) is 0 Å². The van der Waals surface area contributed by atoms with Crippen LogP contribution in [0, 0.1) is 11.8 Å². The predicted molar refractivity (Wildman–Crippen MR) is 63.5 cm³/mol. The van der Waals surface area contributed by atoms with Gasteiger partial charge in [-0.05, 0) is 18.9 Å². The molecule has 0 bridgehead atoms. The van der Waals surface area contributed by atoms with Gasteiger partial charge in [0.2, 0.25) is 5.91 Å². The van der Waals surface area contributed by atoms with Crippen molar-refractivity contribution in [1.82, 2.24) is 15.5 Å². The van der Waals surface area contributed by atoms with Crippen LogP contribution in [-0.4, -0.2) is 27.2 Å². The highest BCUT2D eigenvalue weighted by Crippen LogP contribution is 2.30. The zero-order valence-corrected chi connectivity index (χ0v) is 10.1. The minimum atomic E-state index is -0.864. The molecule has 2 rings (SSSR count). The van der Waals surface area contributed by atoms with Crippen LogP contribution < -0.4 is 5.32 Å². The minimum Gasteiger partial charge on any atom is -0.481 e. The summed E-state index contributed by atoms with van der Waals surface area (Å²) in [5.41, 5.74) is 0.811. The van der Waals surface area contributed by atoms with E-state index in [4.69, 9.17) is 5.11 Å². The number of nitrogens with zero attached hydrogens (tertiary/aromatic N) is 1. The molecule has 2 atom stereocenters. The molecule has 1 aromatic heterocycles. The van der Waals surface area contributed by atoms with Gasteiger partial charge in [-0.15, -0.1) is 0 Å². The lowest BCUT2D eigenvalue weighted by molar-refractivity contribution is -0.148. The first-order valence-electron chi connectivity index (χ1n) is 6.17. The fraction of sp³-hybridized carbons (Fsp3) is 0.583. The molecule has 18 heavy (non-hydrogen) atoms. The van der Waals surface area contributed by atoms with Gasteiger partial charge in [0, 0.05) is 6.20 Å². The molecule has 1 heterocycles. The van der Waals surface area contributed by atoms with E-state index in [1.165, 1.54) is 0 Å². The van der Waals surface area contributed by atoms with Gasteiger partial charge in [0.15, 0.2) is 0 Å². The molecule has 1 aliphatic carbocycles. The molecule has 0 radical (unpaired) electrons. The summed E-state index contributed by atoms with van der Waals surface area (Å²) in [7, 11) is 0. The van der Waals surface area contributed by atoms with Crippen molar-refractivity contribution in [3.8, 4) is 0 Å². The van der Waals surface area contributed by atoms with Gasteiger partial charge in [0.05, 0.1) is 24.1 Å². The van der Waals surface area contributed by atoms with Crippen LogP contribution in [0.3, 0.4) is 0 Å². The molecule has 1 aliphatic rings. The Morgan fingerprint density at radius 1 is 1.39 bits per heavy atom. The third kappa shape index (κ3) is 2.88. The third-order valence-electron chi connectivity index (χ3n) is 3.43. The largest absolute Gasteiger partial charge is 0.481 e. The maximum Gasteiger partial charge on any atom is 0.307 e. The average Bonchev–Trinajstić information content (AvgIpc) is 2.89. The molecule has 0 spiro atoms. The Bertz CT molecular complexity index is 416. The number of hydrogen-bond acceptors (Lipinski definition) is 3. The van der Waals surface area contributed by atoms with E-state index < -0.39 is 17.8 Å². The van der Waals surface area contributed by atoms with Crippen molar-refractivity contribution in [3.63, 3.8) is 0 Å². The number of carbonyl (C=O) groups excluding carboxylic acids is 1. The molecule has 1 amide bonds. The van der Waals surface area contributed by atoms with Crippen molar-refractivity contribution in [3.05, 3.63) is 18.0 Å². The second-order valence-electron chi connectivity index (χ2n) is 4.64. The highest BCUT2D eigenvalue weighted by atomic mass is 16.4. The normalized spacial score (nSPS) is 23.6. The summed E-state index contributed by atoms with van der Waals surface area (Å²) in [6.07, 6.45) is 4.68. The Balaban J connectivity index is 1.92. The van der Waals surface area contributed by atoms with Crippen molar-refractivity contribution in [2.45, 2.75) is 32.2 Å². The zero-order valence-electron chi connectivity index (χ0n) is 10.1. The maximum atomic E-state index is 12.0. The number of carboxylic acid groups (broad SMARTS) is 1. The maximum absolute atomic E-state index is 12.0. The van der Waals surface area contributed by atoms with Gasteiger partial charge >= 0.3 is 5.97 Å². The van der Waals surface area contributed by atoms with Crippen LogP contribution in [0.25, 0.3) is 0 Å². The molecule has 1 aromatic rings. The molecule has 1 fully saturated rings. The molecule has 6 nitrogen and oxygen atoms in total. The fourth-order valence-electron chi connectivity index (χ4n) is 2.44. The van der Waals surface area contributed by atoms with Crippen molar-refractivity contribution < 1.29 is 14.7 Å². The van der Waals surface area contributed by atoms with Gasteiger partial charge in [0.1, 0.15) is 0 Å². The molecule has 6 heteroatoms. The Hall–Kier alpha value is -1.85. The number of nitrogens with one attached hydrogen (secondary N) is 2. The van der Waals surface area contributed by atoms with E-state index in [-0.39, 0.29) is 5.91 Å². The number of rotatable bonds is 4. The predicted octanol–water partition coefficient (Wildman–Crippen LogP) is 0.917. The SMILES string of the molecule is O=C(O)C1CCCCC1C(=O)NCc1ccn[nH]1. The summed E-state index contributed by atoms with van der Waals surface area (Å²) in [5, 5.41) is 18.4. The van der Waals surface area contributed by atoms with Crippen molar-refractivity contribution in [2.75, 3.05) is 0 Å². The molecular formula is C12H17N3O3. The number of hydrogen-bond donors (Lipinski definition) is 3. The number of carboxylic acids is 1. The van der Waals surface area contributed by atoms with Gasteiger partial charge in [-0.3, -0.25) is 14.7 Å². The lowest BCUT2D eigenvalue weighted by atomic mass is 9.79. The van der Waals surface area contributed by atoms with E-state index in [0.717, 1.165) is 18.5 Å². The van der Waals surface area contributed by atoms with Gasteiger partial charge in [0.25, 0.3) is 0 Å². The summed E-state index contributed by atoms with van der Waals surface area (Å²) < 4.78 is 0. The van der Waals surface area contributed by atoms with E-state index in [1.54, 1.807) is 12.3 Å². The van der Waals surface area contributed by atoms with Crippen molar-refractivity contribution in [2.24, 2.45) is 11.8 Å². The van der Waals surface area contributed by atoms with Gasteiger partial charge in [-0.2, -0.15) is 5.10 Å². The van der Waals surface area contributed by atoms with Gasteiger partial charge in [-0.25, -0.2) is 0 Å². The van der Waals surface area contributed by atoms with Crippen molar-refractivity contribution in [1.29, 1.82) is 0 Å². The van der Waals surface area contributed by atoms with Crippen LogP contribution in [-0.2, 0) is 16.1 Å². The number of aliphatic carboxylic acids is 1. The van der Waals surface area contributed by atoms with E-state index in [1.807, 2.05) is 0 Å². The minimum absolute atomic E-state index is 0.170. The van der Waals surface area contributed by atoms with Crippen molar-refractivity contribution >= 4 is 11.9 Å². The summed E-state index contributed by atoms with van der Waals surface area (Å²) >= 11 is 0. The number of aromatic nitrogens is 2. The Labute approximate surface area is 105 Å². The Morgan fingerprint density at radius 3 is 2.72 bits per heavy atom. The zero-order chi connectivity index (χ0) is 13.0. The van der Waals surface area contributed by atoms with Crippen LogP contribution in [0.4, 0.5) is 0 Å². The summed E-state index contributed by atoms with van der Waals surface area (Å²) in [5.74, 6) is -1.98. The highest BCUT2D eigenvalue weighted by Gasteiger charge is 2.35. The van der Waals surface area contributed by atoms with Crippen LogP contribution >= 0.6 is 0 Å². The van der Waals surface area contributed by atoms with E-state index in [2.05, 4.69) is 15.5 Å². The molecule has 98 valence electrons. The average molecular weight is 251 g/mol. The Morgan fingerprint density at radius 2 is 2.11 bits per heavy atom. The number of amides is 1. The van der Waals surface area contributed by atoms with E-state index in [9.17, 15) is 9.59 Å². The molecule has 2 unspecified atom stereocenters. The molecule has 3 N–H and O–H groups in total. The lowest BCUT2D eigenvalue weighted by Crippen LogP contribution is -2.39. The molecule has 1 saturated carbocycles. The molecule has 0 saturated heterocycles. The van der Waals surface area contributed by atoms with Crippen LogP contribution in [0.2, 0.25) is 0 Å². The molecule has 0 aromatic carbocycles. The summed E-state index contributed by atoms with van der Waals surface area (Å²) in [6, 6.07) is 1.77. The third-order valence-corrected chi connectivity index (χ3v) is 3.43. The second kappa shape index (κ2) is 5.66. The van der Waals surface area contributed by atoms with E-state index >= 15 is 0 Å². The van der Waals surface area contributed by atoms with Gasteiger partial charge in [-0.1, -0.05) is 12.8 Å². The van der Waals surface area contributed by atoms with E-state index in [0.29, 0.717) is 19.4 Å². The number of H-pyrrole nitrogens is 1. The quantitative estimate of drug-likeness (QED) is 0.741. The number of aromatic amines is 1. The highest BCUT2D eigenvalue weighted by molar-refractivity contribution is 5.84. The topological polar surface area (TPSA) is 95.1 Å². The lowest BCUT2D eigenvalue weighted by Gasteiger charge is -2.27. The Kier molecular flexibility index (Phi) is 3.96. The smallest absolute Gasteiger partial charge is 0.307 e. The standard InChI is InChI=1S/C12H17N3O3/c16-11(13-7-8-5-6-14-15-8)9-3-1-2-4-10(9)12(17)18/h5-6,9-10H,1-4,7H2,(H,13,16)(H,14,15)(H,17,18). The van der Waals surface area contributed by atoms with Crippen LogP contribution in [0.15, 0.2) is 12.3 Å². The second-order valence-corrected chi connectivity index (χ2v) is 4.64. The molecule has 0 aliphatic heterocycles. The summed E-state index contributed by atoms with van der Waals surface area (Å²) in [6.45, 7) is 0.363. The molecular weight excluding hydrogens is 234 g/mol. The first-order valence-corrected chi connectivity index (χ1v) is 6.17. The monoisotopic (exact) mass is 251 g/mol. The first-order chi connectivity index (χ1) is 8.68. The summed E-state index contributed by atoms with van der Waals surface area (Å²) in [4.78, 5) is 23.1.